The summed E-state index contributed by atoms with van der Waals surface area (Å²) >= 11 is 5.24. The third-order valence-electron chi connectivity index (χ3n) is 3.00. The molecule has 0 saturated heterocycles. The maximum Gasteiger partial charge on any atom is 0.177 e. The average Bonchev–Trinajstić information content (AvgIpc) is 2.74. The first kappa shape index (κ1) is 13.7. The number of aromatic nitrogens is 2. The number of imidazole rings is 1. The number of nitrogens with one attached hydrogen (secondary N) is 1. The molecule has 1 N–H and O–H groups in total. The molecule has 0 aliphatic rings. The summed E-state index contributed by atoms with van der Waals surface area (Å²) < 4.78 is 13.3. The van der Waals surface area contributed by atoms with E-state index in [1.165, 1.54) is 5.56 Å². The minimum Gasteiger partial charge on any atom is -0.493 e. The van der Waals surface area contributed by atoms with Crippen molar-refractivity contribution in [1.82, 2.24) is 9.55 Å². The van der Waals surface area contributed by atoms with Gasteiger partial charge in [0.2, 0.25) is 0 Å². The molecule has 0 bridgehead atoms. The van der Waals surface area contributed by atoms with Crippen molar-refractivity contribution in [3.63, 3.8) is 0 Å². The van der Waals surface area contributed by atoms with Crippen molar-refractivity contribution in [2.75, 3.05) is 14.2 Å². The molecular weight excluding hydrogens is 260 g/mol. The lowest BCUT2D eigenvalue weighted by atomic mass is 10.1. The summed E-state index contributed by atoms with van der Waals surface area (Å²) in [5.74, 6) is 1.51. The molecule has 0 atom stereocenters. The van der Waals surface area contributed by atoms with Gasteiger partial charge >= 0.3 is 0 Å². The van der Waals surface area contributed by atoms with Gasteiger partial charge in [0.1, 0.15) is 0 Å². The van der Waals surface area contributed by atoms with Crippen LogP contribution in [0, 0.1) is 11.7 Å². The van der Waals surface area contributed by atoms with E-state index < -0.39 is 0 Å². The summed E-state index contributed by atoms with van der Waals surface area (Å²) in [6.07, 6.45) is 2.93. The van der Waals surface area contributed by atoms with E-state index in [2.05, 4.69) is 4.98 Å². The summed E-state index contributed by atoms with van der Waals surface area (Å²) in [7, 11) is 3.28. The molecule has 4 nitrogen and oxygen atoms in total. The topological polar surface area (TPSA) is 39.2 Å². The molecule has 0 fully saturated rings. The Kier molecular flexibility index (Phi) is 4.27. The van der Waals surface area contributed by atoms with Crippen molar-refractivity contribution < 1.29 is 9.47 Å². The number of aromatic amines is 1. The Hall–Kier alpha value is -1.75. The predicted octanol–water partition coefficient (Wildman–Crippen LogP) is 3.11. The highest BCUT2D eigenvalue weighted by atomic mass is 32.1. The van der Waals surface area contributed by atoms with Gasteiger partial charge in [-0.15, -0.1) is 0 Å². The van der Waals surface area contributed by atoms with Crippen LogP contribution in [0.25, 0.3) is 0 Å². The third kappa shape index (κ3) is 3.17. The van der Waals surface area contributed by atoms with E-state index in [0.29, 0.717) is 0 Å². The molecule has 2 rings (SSSR count). The van der Waals surface area contributed by atoms with Crippen LogP contribution >= 0.6 is 12.2 Å². The Morgan fingerprint density at radius 3 is 2.53 bits per heavy atom. The quantitative estimate of drug-likeness (QED) is 0.854. The highest BCUT2D eigenvalue weighted by molar-refractivity contribution is 7.71. The molecule has 1 aromatic carbocycles. The van der Waals surface area contributed by atoms with Crippen LogP contribution in [-0.2, 0) is 13.0 Å². The molecule has 1 aromatic heterocycles. The first-order valence-electron chi connectivity index (χ1n) is 6.11. The van der Waals surface area contributed by atoms with Crippen LogP contribution in [0.15, 0.2) is 24.4 Å². The molecule has 2 aromatic rings. The molecule has 0 amide bonds. The van der Waals surface area contributed by atoms with Crippen LogP contribution in [-0.4, -0.2) is 23.8 Å². The SMILES string of the molecule is COc1ccc(CCn2cc(C)[nH]c2=S)cc1OC. The van der Waals surface area contributed by atoms with E-state index in [0.717, 1.165) is 34.9 Å². The Bertz CT molecular complexity index is 616. The number of methoxy groups -OCH3 is 2. The lowest BCUT2D eigenvalue weighted by Crippen LogP contribution is -2.01. The van der Waals surface area contributed by atoms with Crippen LogP contribution < -0.4 is 9.47 Å². The summed E-state index contributed by atoms with van der Waals surface area (Å²) in [5.41, 5.74) is 2.27. The van der Waals surface area contributed by atoms with Crippen molar-refractivity contribution in [3.05, 3.63) is 40.4 Å². The van der Waals surface area contributed by atoms with E-state index in [9.17, 15) is 0 Å². The van der Waals surface area contributed by atoms with Gasteiger partial charge in [0, 0.05) is 18.4 Å². The van der Waals surface area contributed by atoms with Gasteiger partial charge in [-0.05, 0) is 43.3 Å². The van der Waals surface area contributed by atoms with E-state index in [4.69, 9.17) is 21.7 Å². The molecule has 0 unspecified atom stereocenters. The van der Waals surface area contributed by atoms with Crippen molar-refractivity contribution in [3.8, 4) is 11.5 Å². The maximum absolute atomic E-state index is 5.30. The van der Waals surface area contributed by atoms with E-state index in [1.54, 1.807) is 14.2 Å². The minimum atomic E-state index is 0.750. The summed E-state index contributed by atoms with van der Waals surface area (Å²) in [4.78, 5) is 3.12. The summed E-state index contributed by atoms with van der Waals surface area (Å²) in [6, 6.07) is 5.97. The van der Waals surface area contributed by atoms with Crippen molar-refractivity contribution in [2.24, 2.45) is 0 Å². The third-order valence-corrected chi connectivity index (χ3v) is 3.34. The minimum absolute atomic E-state index is 0.750. The van der Waals surface area contributed by atoms with Gasteiger partial charge in [0.25, 0.3) is 0 Å². The van der Waals surface area contributed by atoms with Crippen LogP contribution in [0.1, 0.15) is 11.3 Å². The Balaban J connectivity index is 2.11. The fourth-order valence-corrected chi connectivity index (χ4v) is 2.32. The van der Waals surface area contributed by atoms with E-state index in [1.807, 2.05) is 35.9 Å². The Labute approximate surface area is 118 Å². The Morgan fingerprint density at radius 2 is 1.95 bits per heavy atom. The van der Waals surface area contributed by atoms with Gasteiger partial charge in [0.15, 0.2) is 16.3 Å². The van der Waals surface area contributed by atoms with Crippen LogP contribution in [0.5, 0.6) is 11.5 Å². The van der Waals surface area contributed by atoms with Gasteiger partial charge < -0.3 is 19.0 Å². The van der Waals surface area contributed by atoms with Crippen LogP contribution in [0.3, 0.4) is 0 Å². The van der Waals surface area contributed by atoms with E-state index >= 15 is 0 Å². The average molecular weight is 278 g/mol. The number of nitrogens with zero attached hydrogens (tertiary/aromatic N) is 1. The fraction of sp³-hybridized carbons (Fsp3) is 0.357. The van der Waals surface area contributed by atoms with Crippen molar-refractivity contribution >= 4 is 12.2 Å². The van der Waals surface area contributed by atoms with Crippen LogP contribution in [0.2, 0.25) is 0 Å². The maximum atomic E-state index is 5.30. The zero-order valence-corrected chi connectivity index (χ0v) is 12.2. The number of H-pyrrole nitrogens is 1. The van der Waals surface area contributed by atoms with E-state index in [-0.39, 0.29) is 0 Å². The molecule has 0 saturated carbocycles. The highest BCUT2D eigenvalue weighted by Gasteiger charge is 2.05. The number of hydrogen-bond acceptors (Lipinski definition) is 3. The lowest BCUT2D eigenvalue weighted by Gasteiger charge is -2.09. The second-order valence-corrected chi connectivity index (χ2v) is 4.76. The first-order chi connectivity index (χ1) is 9.13. The number of ether oxygens (including phenoxy) is 2. The number of rotatable bonds is 5. The smallest absolute Gasteiger partial charge is 0.177 e. The van der Waals surface area contributed by atoms with Gasteiger partial charge in [-0.3, -0.25) is 0 Å². The largest absolute Gasteiger partial charge is 0.493 e. The highest BCUT2D eigenvalue weighted by Crippen LogP contribution is 2.27. The molecule has 0 aliphatic carbocycles. The van der Waals surface area contributed by atoms with Crippen LogP contribution in [0.4, 0.5) is 0 Å². The lowest BCUT2D eigenvalue weighted by molar-refractivity contribution is 0.354. The molecule has 0 radical (unpaired) electrons. The summed E-state index contributed by atoms with van der Waals surface area (Å²) in [5, 5.41) is 0. The predicted molar refractivity (Wildman–Crippen MR) is 77.6 cm³/mol. The normalized spacial score (nSPS) is 10.5. The van der Waals surface area contributed by atoms with Gasteiger partial charge in [-0.2, -0.15) is 0 Å². The second-order valence-electron chi connectivity index (χ2n) is 4.37. The molecule has 102 valence electrons. The van der Waals surface area contributed by atoms with Crippen molar-refractivity contribution in [2.45, 2.75) is 19.9 Å². The monoisotopic (exact) mass is 278 g/mol. The number of hydrogen-bond donors (Lipinski definition) is 1. The van der Waals surface area contributed by atoms with Gasteiger partial charge in [-0.1, -0.05) is 6.07 Å². The summed E-state index contributed by atoms with van der Waals surface area (Å²) in [6.45, 7) is 2.85. The molecule has 5 heteroatoms. The van der Waals surface area contributed by atoms with Gasteiger partial charge in [0.05, 0.1) is 14.2 Å². The number of benzene rings is 1. The second kappa shape index (κ2) is 5.93. The molecule has 1 heterocycles. The number of aryl methyl sites for hydroxylation is 3. The zero-order valence-electron chi connectivity index (χ0n) is 11.4. The first-order valence-corrected chi connectivity index (χ1v) is 6.52. The zero-order chi connectivity index (χ0) is 13.8. The molecule has 0 aliphatic heterocycles. The fourth-order valence-electron chi connectivity index (χ4n) is 2.02. The Morgan fingerprint density at radius 1 is 1.21 bits per heavy atom. The molecular formula is C14H18N2O2S. The van der Waals surface area contributed by atoms with Gasteiger partial charge in [-0.25, -0.2) is 0 Å². The molecule has 0 spiro atoms. The standard InChI is InChI=1S/C14H18N2O2S/c1-10-9-16(14(19)15-10)7-6-11-4-5-12(17-2)13(8-11)18-3/h4-5,8-9H,6-7H2,1-3H3,(H,15,19). The van der Waals surface area contributed by atoms with Crippen molar-refractivity contribution in [1.29, 1.82) is 0 Å². The molecule has 19 heavy (non-hydrogen) atoms.